The number of fused-ring (bicyclic) bond motifs is 2. The van der Waals surface area contributed by atoms with Crippen LogP contribution < -0.4 is 0 Å². The molecule has 0 aromatic heterocycles. The van der Waals surface area contributed by atoms with Crippen LogP contribution in [0.3, 0.4) is 0 Å². The van der Waals surface area contributed by atoms with Gasteiger partial charge in [0.1, 0.15) is 11.4 Å². The SMILES string of the molecule is CC(C)(C)OC(=O)N1C[C@H]2COC[C@@H](C1)C2=O. The van der Waals surface area contributed by atoms with Crippen LogP contribution in [0.2, 0.25) is 0 Å². The van der Waals surface area contributed by atoms with Crippen molar-refractivity contribution in [3.8, 4) is 0 Å². The van der Waals surface area contributed by atoms with Gasteiger partial charge in [-0.1, -0.05) is 0 Å². The molecule has 0 unspecified atom stereocenters. The standard InChI is InChI=1S/C12H19NO4/c1-12(2,3)17-11(15)13-4-8-6-16-7-9(5-13)10(8)14/h8-9H,4-7H2,1-3H3/t8-,9+. The number of nitrogens with zero attached hydrogens (tertiary/aromatic N) is 1. The third kappa shape index (κ3) is 2.77. The van der Waals surface area contributed by atoms with Crippen LogP contribution in [0.25, 0.3) is 0 Å². The number of carbonyl (C=O) groups is 2. The first kappa shape index (κ1) is 12.4. The lowest BCUT2D eigenvalue weighted by atomic mass is 9.87. The number of hydrogen-bond acceptors (Lipinski definition) is 4. The molecule has 0 aromatic rings. The zero-order valence-corrected chi connectivity index (χ0v) is 10.6. The van der Waals surface area contributed by atoms with Gasteiger partial charge in [0.25, 0.3) is 0 Å². The Bertz CT molecular complexity index is 318. The van der Waals surface area contributed by atoms with Crippen molar-refractivity contribution in [3.63, 3.8) is 0 Å². The van der Waals surface area contributed by atoms with Gasteiger partial charge in [0, 0.05) is 13.1 Å². The van der Waals surface area contributed by atoms with Gasteiger partial charge < -0.3 is 14.4 Å². The minimum atomic E-state index is -0.496. The molecule has 2 saturated heterocycles. The minimum Gasteiger partial charge on any atom is -0.444 e. The molecule has 2 bridgehead atoms. The first-order valence-corrected chi connectivity index (χ1v) is 5.96. The highest BCUT2D eigenvalue weighted by molar-refractivity contribution is 5.87. The van der Waals surface area contributed by atoms with Gasteiger partial charge >= 0.3 is 6.09 Å². The first-order chi connectivity index (χ1) is 7.87. The van der Waals surface area contributed by atoms with E-state index in [0.717, 1.165) is 0 Å². The van der Waals surface area contributed by atoms with E-state index in [-0.39, 0.29) is 23.7 Å². The van der Waals surface area contributed by atoms with Crippen LogP contribution in [0.5, 0.6) is 0 Å². The van der Waals surface area contributed by atoms with Crippen molar-refractivity contribution in [2.75, 3.05) is 26.3 Å². The fourth-order valence-electron chi connectivity index (χ4n) is 2.22. The average molecular weight is 241 g/mol. The van der Waals surface area contributed by atoms with Gasteiger partial charge in [0.05, 0.1) is 25.0 Å². The fraction of sp³-hybridized carbons (Fsp3) is 0.833. The van der Waals surface area contributed by atoms with E-state index in [9.17, 15) is 9.59 Å². The van der Waals surface area contributed by atoms with Crippen molar-refractivity contribution in [3.05, 3.63) is 0 Å². The summed E-state index contributed by atoms with van der Waals surface area (Å²) in [5, 5.41) is 0. The number of rotatable bonds is 0. The van der Waals surface area contributed by atoms with Crippen LogP contribution in [-0.4, -0.2) is 48.7 Å². The predicted octanol–water partition coefficient (Wildman–Crippen LogP) is 1.07. The number of piperidine rings is 1. The molecule has 1 amide bonds. The molecule has 17 heavy (non-hydrogen) atoms. The van der Waals surface area contributed by atoms with E-state index in [2.05, 4.69) is 0 Å². The van der Waals surface area contributed by atoms with Crippen LogP contribution in [-0.2, 0) is 14.3 Å². The second-order valence-electron chi connectivity index (χ2n) is 5.72. The average Bonchev–Trinajstić information content (AvgIpc) is 2.13. The van der Waals surface area contributed by atoms with Crippen LogP contribution in [0.4, 0.5) is 4.79 Å². The molecule has 2 rings (SSSR count). The predicted molar refractivity (Wildman–Crippen MR) is 60.6 cm³/mol. The van der Waals surface area contributed by atoms with E-state index in [0.29, 0.717) is 26.3 Å². The van der Waals surface area contributed by atoms with Gasteiger partial charge in [-0.15, -0.1) is 0 Å². The molecule has 2 atom stereocenters. The van der Waals surface area contributed by atoms with E-state index in [1.54, 1.807) is 4.90 Å². The summed E-state index contributed by atoms with van der Waals surface area (Å²) >= 11 is 0. The van der Waals surface area contributed by atoms with Crippen LogP contribution in [0.15, 0.2) is 0 Å². The van der Waals surface area contributed by atoms with Gasteiger partial charge in [-0.3, -0.25) is 4.79 Å². The molecule has 0 radical (unpaired) electrons. The molecule has 0 aliphatic carbocycles. The summed E-state index contributed by atoms with van der Waals surface area (Å²) in [5.41, 5.74) is -0.496. The van der Waals surface area contributed by atoms with Crippen molar-refractivity contribution in [2.45, 2.75) is 26.4 Å². The van der Waals surface area contributed by atoms with Crippen LogP contribution >= 0.6 is 0 Å². The molecule has 2 fully saturated rings. The Morgan fingerprint density at radius 1 is 1.29 bits per heavy atom. The summed E-state index contributed by atoms with van der Waals surface area (Å²) < 4.78 is 10.6. The highest BCUT2D eigenvalue weighted by Crippen LogP contribution is 2.25. The summed E-state index contributed by atoms with van der Waals surface area (Å²) in [6.07, 6.45) is -0.332. The lowest BCUT2D eigenvalue weighted by Gasteiger charge is -2.40. The number of hydrogen-bond donors (Lipinski definition) is 0. The van der Waals surface area contributed by atoms with Crippen molar-refractivity contribution in [1.29, 1.82) is 0 Å². The molecule has 2 heterocycles. The number of ether oxygens (including phenoxy) is 2. The summed E-state index contributed by atoms with van der Waals surface area (Å²) in [6, 6.07) is 0. The number of Topliss-reactive ketones (excluding diaryl/α,β-unsaturated/α-hetero) is 1. The monoisotopic (exact) mass is 241 g/mol. The van der Waals surface area contributed by atoms with Crippen molar-refractivity contribution in [1.82, 2.24) is 4.90 Å². The summed E-state index contributed by atoms with van der Waals surface area (Å²) in [7, 11) is 0. The molecule has 5 heteroatoms. The Labute approximate surface area is 101 Å². The van der Waals surface area contributed by atoms with Crippen molar-refractivity contribution in [2.24, 2.45) is 11.8 Å². The maximum atomic E-state index is 11.9. The fourth-order valence-corrected chi connectivity index (χ4v) is 2.22. The molecular weight excluding hydrogens is 222 g/mol. The Hall–Kier alpha value is -1.10. The zero-order valence-electron chi connectivity index (χ0n) is 10.6. The van der Waals surface area contributed by atoms with Gasteiger partial charge in [0.15, 0.2) is 0 Å². The maximum absolute atomic E-state index is 11.9. The van der Waals surface area contributed by atoms with Gasteiger partial charge in [-0.05, 0) is 20.8 Å². The number of likely N-dealkylation sites (tertiary alicyclic amines) is 1. The normalized spacial score (nSPS) is 29.1. The number of ketones is 1. The molecule has 0 aromatic carbocycles. The smallest absolute Gasteiger partial charge is 0.410 e. The second kappa shape index (κ2) is 4.29. The summed E-state index contributed by atoms with van der Waals surface area (Å²) in [6.45, 7) is 7.20. The Kier molecular flexibility index (Phi) is 3.12. The van der Waals surface area contributed by atoms with Gasteiger partial charge in [-0.25, -0.2) is 4.79 Å². The zero-order chi connectivity index (χ0) is 12.6. The molecule has 2 aliphatic rings. The molecular formula is C12H19NO4. The topological polar surface area (TPSA) is 55.8 Å². The van der Waals surface area contributed by atoms with E-state index in [4.69, 9.17) is 9.47 Å². The Morgan fingerprint density at radius 2 is 1.82 bits per heavy atom. The third-order valence-electron chi connectivity index (χ3n) is 2.98. The third-order valence-corrected chi connectivity index (χ3v) is 2.98. The molecule has 2 aliphatic heterocycles. The molecule has 0 spiro atoms. The van der Waals surface area contributed by atoms with Gasteiger partial charge in [-0.2, -0.15) is 0 Å². The molecule has 96 valence electrons. The second-order valence-corrected chi connectivity index (χ2v) is 5.72. The Balaban J connectivity index is 2.00. The summed E-state index contributed by atoms with van der Waals surface area (Å²) in [4.78, 5) is 25.3. The Morgan fingerprint density at radius 3 is 2.29 bits per heavy atom. The van der Waals surface area contributed by atoms with E-state index in [1.807, 2.05) is 20.8 Å². The van der Waals surface area contributed by atoms with Crippen LogP contribution in [0, 0.1) is 11.8 Å². The first-order valence-electron chi connectivity index (χ1n) is 5.96. The van der Waals surface area contributed by atoms with E-state index in [1.165, 1.54) is 0 Å². The highest BCUT2D eigenvalue weighted by atomic mass is 16.6. The van der Waals surface area contributed by atoms with E-state index >= 15 is 0 Å². The maximum Gasteiger partial charge on any atom is 0.410 e. The van der Waals surface area contributed by atoms with Crippen LogP contribution in [0.1, 0.15) is 20.8 Å². The lowest BCUT2D eigenvalue weighted by Crippen LogP contribution is -2.55. The lowest BCUT2D eigenvalue weighted by molar-refractivity contribution is -0.144. The summed E-state index contributed by atoms with van der Waals surface area (Å²) in [5.74, 6) is -0.110. The number of amides is 1. The largest absolute Gasteiger partial charge is 0.444 e. The van der Waals surface area contributed by atoms with Gasteiger partial charge in [0.2, 0.25) is 0 Å². The van der Waals surface area contributed by atoms with E-state index < -0.39 is 5.60 Å². The van der Waals surface area contributed by atoms with Crippen molar-refractivity contribution < 1.29 is 19.1 Å². The minimum absolute atomic E-state index is 0.171. The highest BCUT2D eigenvalue weighted by Gasteiger charge is 2.41. The molecule has 0 saturated carbocycles. The number of carbonyl (C=O) groups excluding carboxylic acids is 2. The molecule has 5 nitrogen and oxygen atoms in total. The quantitative estimate of drug-likeness (QED) is 0.636. The van der Waals surface area contributed by atoms with Crippen molar-refractivity contribution >= 4 is 11.9 Å². The molecule has 0 N–H and O–H groups in total.